The number of nitrogens with one attached hydrogen (secondary N) is 1. The number of halogens is 1. The first-order chi connectivity index (χ1) is 9.28. The third-order valence-corrected chi connectivity index (χ3v) is 4.83. The van der Waals surface area contributed by atoms with E-state index in [2.05, 4.69) is 33.4 Å². The molecule has 1 fully saturated rings. The van der Waals surface area contributed by atoms with Gasteiger partial charge in [0.05, 0.1) is 0 Å². The molecule has 0 atom stereocenters. The van der Waals surface area contributed by atoms with E-state index < -0.39 is 0 Å². The molecule has 0 radical (unpaired) electrons. The quantitative estimate of drug-likeness (QED) is 0.823. The largest absolute Gasteiger partial charge is 0.353 e. The van der Waals surface area contributed by atoms with Gasteiger partial charge in [-0.05, 0) is 43.6 Å². The Kier molecular flexibility index (Phi) is 5.90. The molecule has 3 heteroatoms. The third kappa shape index (κ3) is 4.98. The first kappa shape index (κ1) is 14.6. The van der Waals surface area contributed by atoms with Gasteiger partial charge in [-0.2, -0.15) is 0 Å². The van der Waals surface area contributed by atoms with E-state index in [0.29, 0.717) is 12.5 Å². The summed E-state index contributed by atoms with van der Waals surface area (Å²) in [6, 6.07) is 10.6. The molecule has 1 aliphatic rings. The van der Waals surface area contributed by atoms with Crippen molar-refractivity contribution in [3.8, 4) is 0 Å². The minimum atomic E-state index is 0.200. The Hall–Kier alpha value is -0.830. The van der Waals surface area contributed by atoms with Crippen molar-refractivity contribution in [2.45, 2.75) is 44.6 Å². The van der Waals surface area contributed by atoms with Gasteiger partial charge in [0.25, 0.3) is 0 Å². The summed E-state index contributed by atoms with van der Waals surface area (Å²) in [6.45, 7) is 0. The number of rotatable bonds is 5. The Morgan fingerprint density at radius 2 is 1.84 bits per heavy atom. The van der Waals surface area contributed by atoms with Crippen LogP contribution in [0.25, 0.3) is 0 Å². The molecule has 1 aliphatic carbocycles. The smallest absolute Gasteiger partial charge is 0.220 e. The maximum atomic E-state index is 11.9. The van der Waals surface area contributed by atoms with Crippen molar-refractivity contribution in [3.63, 3.8) is 0 Å². The van der Waals surface area contributed by atoms with Gasteiger partial charge in [-0.3, -0.25) is 4.79 Å². The number of carbonyl (C=O) groups is 1. The maximum absolute atomic E-state index is 11.9. The van der Waals surface area contributed by atoms with Gasteiger partial charge >= 0.3 is 0 Å². The second-order valence-electron chi connectivity index (χ2n) is 5.43. The fourth-order valence-corrected chi connectivity index (χ4v) is 3.31. The van der Waals surface area contributed by atoms with E-state index in [9.17, 15) is 4.79 Å². The standard InChI is InChI=1S/C16H22BrNO/c17-12-14-6-9-15(10-7-14)18-16(19)11-8-13-4-2-1-3-5-13/h1-5,14-15H,6-12H2,(H,18,19). The molecule has 1 amide bonds. The summed E-state index contributed by atoms with van der Waals surface area (Å²) in [5.74, 6) is 1.00. The zero-order chi connectivity index (χ0) is 13.5. The lowest BCUT2D eigenvalue weighted by Crippen LogP contribution is -2.37. The van der Waals surface area contributed by atoms with E-state index in [-0.39, 0.29) is 5.91 Å². The molecule has 1 saturated carbocycles. The van der Waals surface area contributed by atoms with Crippen LogP contribution in [0.15, 0.2) is 30.3 Å². The summed E-state index contributed by atoms with van der Waals surface area (Å²) in [7, 11) is 0. The molecule has 1 N–H and O–H groups in total. The van der Waals surface area contributed by atoms with Gasteiger partial charge in [-0.25, -0.2) is 0 Å². The number of aryl methyl sites for hydroxylation is 1. The predicted octanol–water partition coefficient (Wildman–Crippen LogP) is 3.69. The van der Waals surface area contributed by atoms with E-state index in [4.69, 9.17) is 0 Å². The number of benzene rings is 1. The van der Waals surface area contributed by atoms with Crippen LogP contribution < -0.4 is 5.32 Å². The molecule has 0 saturated heterocycles. The molecule has 1 aromatic rings. The lowest BCUT2D eigenvalue weighted by Gasteiger charge is -2.28. The number of hydrogen-bond acceptors (Lipinski definition) is 1. The summed E-state index contributed by atoms with van der Waals surface area (Å²) in [5.41, 5.74) is 1.24. The van der Waals surface area contributed by atoms with Crippen LogP contribution in [0.2, 0.25) is 0 Å². The van der Waals surface area contributed by atoms with E-state index in [1.807, 2.05) is 18.2 Å². The van der Waals surface area contributed by atoms with E-state index in [1.165, 1.54) is 18.4 Å². The van der Waals surface area contributed by atoms with Crippen molar-refractivity contribution in [1.29, 1.82) is 0 Å². The van der Waals surface area contributed by atoms with Crippen molar-refractivity contribution in [2.24, 2.45) is 5.92 Å². The highest BCUT2D eigenvalue weighted by Crippen LogP contribution is 2.25. The zero-order valence-electron chi connectivity index (χ0n) is 11.3. The van der Waals surface area contributed by atoms with Crippen LogP contribution in [-0.4, -0.2) is 17.3 Å². The van der Waals surface area contributed by atoms with Crippen molar-refractivity contribution in [2.75, 3.05) is 5.33 Å². The molecule has 2 nitrogen and oxygen atoms in total. The fraction of sp³-hybridized carbons (Fsp3) is 0.562. The van der Waals surface area contributed by atoms with Crippen molar-refractivity contribution in [1.82, 2.24) is 5.32 Å². The van der Waals surface area contributed by atoms with Crippen LogP contribution in [0.4, 0.5) is 0 Å². The summed E-state index contributed by atoms with van der Waals surface area (Å²) in [5, 5.41) is 4.28. The predicted molar refractivity (Wildman–Crippen MR) is 82.4 cm³/mol. The van der Waals surface area contributed by atoms with E-state index in [0.717, 1.165) is 30.5 Å². The minimum absolute atomic E-state index is 0.200. The van der Waals surface area contributed by atoms with Crippen LogP contribution >= 0.6 is 15.9 Å². The second-order valence-corrected chi connectivity index (χ2v) is 6.07. The van der Waals surface area contributed by atoms with Crippen molar-refractivity contribution in [3.05, 3.63) is 35.9 Å². The molecular formula is C16H22BrNO. The van der Waals surface area contributed by atoms with Crippen LogP contribution in [0.3, 0.4) is 0 Å². The van der Waals surface area contributed by atoms with Crippen molar-refractivity contribution < 1.29 is 4.79 Å². The van der Waals surface area contributed by atoms with Crippen molar-refractivity contribution >= 4 is 21.8 Å². The van der Waals surface area contributed by atoms with Crippen LogP contribution in [0.1, 0.15) is 37.7 Å². The maximum Gasteiger partial charge on any atom is 0.220 e. The molecule has 2 rings (SSSR count). The monoisotopic (exact) mass is 323 g/mol. The summed E-state index contributed by atoms with van der Waals surface area (Å²) in [6.07, 6.45) is 6.16. The van der Waals surface area contributed by atoms with Crippen LogP contribution in [0, 0.1) is 5.92 Å². The highest BCUT2D eigenvalue weighted by atomic mass is 79.9. The molecule has 19 heavy (non-hydrogen) atoms. The van der Waals surface area contributed by atoms with E-state index in [1.54, 1.807) is 0 Å². The highest BCUT2D eigenvalue weighted by molar-refractivity contribution is 9.09. The Bertz CT molecular complexity index is 385. The van der Waals surface area contributed by atoms with Gasteiger partial charge in [-0.15, -0.1) is 0 Å². The Balaban J connectivity index is 1.67. The minimum Gasteiger partial charge on any atom is -0.353 e. The van der Waals surface area contributed by atoms with Gasteiger partial charge in [0.2, 0.25) is 5.91 Å². The van der Waals surface area contributed by atoms with Crippen LogP contribution in [0.5, 0.6) is 0 Å². The summed E-state index contributed by atoms with van der Waals surface area (Å²) < 4.78 is 0. The van der Waals surface area contributed by atoms with Crippen LogP contribution in [-0.2, 0) is 11.2 Å². The molecule has 0 bridgehead atoms. The lowest BCUT2D eigenvalue weighted by molar-refractivity contribution is -0.122. The summed E-state index contributed by atoms with van der Waals surface area (Å²) in [4.78, 5) is 11.9. The number of amides is 1. The SMILES string of the molecule is O=C(CCc1ccccc1)NC1CCC(CBr)CC1. The van der Waals surface area contributed by atoms with Gasteiger partial charge in [0.15, 0.2) is 0 Å². The first-order valence-corrected chi connectivity index (χ1v) is 8.29. The van der Waals surface area contributed by atoms with Gasteiger partial charge in [0.1, 0.15) is 0 Å². The topological polar surface area (TPSA) is 29.1 Å². The van der Waals surface area contributed by atoms with Gasteiger partial charge in [-0.1, -0.05) is 46.3 Å². The van der Waals surface area contributed by atoms with Gasteiger partial charge < -0.3 is 5.32 Å². The first-order valence-electron chi connectivity index (χ1n) is 7.17. The molecular weight excluding hydrogens is 302 g/mol. The molecule has 0 spiro atoms. The number of alkyl halides is 1. The third-order valence-electron chi connectivity index (χ3n) is 3.91. The molecule has 104 valence electrons. The highest BCUT2D eigenvalue weighted by Gasteiger charge is 2.21. The second kappa shape index (κ2) is 7.68. The normalized spacial score (nSPS) is 23.0. The van der Waals surface area contributed by atoms with Gasteiger partial charge in [0, 0.05) is 17.8 Å². The van der Waals surface area contributed by atoms with E-state index >= 15 is 0 Å². The Morgan fingerprint density at radius 1 is 1.16 bits per heavy atom. The molecule has 0 aromatic heterocycles. The number of hydrogen-bond donors (Lipinski definition) is 1. The molecule has 0 heterocycles. The molecule has 0 aliphatic heterocycles. The molecule has 1 aromatic carbocycles. The zero-order valence-corrected chi connectivity index (χ0v) is 12.9. The Labute approximate surface area is 124 Å². The number of carbonyl (C=O) groups excluding carboxylic acids is 1. The average molecular weight is 324 g/mol. The average Bonchev–Trinajstić information content (AvgIpc) is 2.47. The Morgan fingerprint density at radius 3 is 2.47 bits per heavy atom. The molecule has 0 unspecified atom stereocenters. The summed E-state index contributed by atoms with van der Waals surface area (Å²) >= 11 is 3.55. The lowest BCUT2D eigenvalue weighted by atomic mass is 9.87. The fourth-order valence-electron chi connectivity index (χ4n) is 2.66.